The Kier molecular flexibility index (Phi) is 8.01. The van der Waals surface area contributed by atoms with Crippen molar-refractivity contribution in [2.45, 2.75) is 44.2 Å². The zero-order chi connectivity index (χ0) is 30.1. The second-order valence-corrected chi connectivity index (χ2v) is 11.8. The smallest absolute Gasteiger partial charge is 0.268 e. The SMILES string of the molecule is N=C(N)/C(=C\C(=N)c1ccccc1O)c1ccc(N2CCC(N3CCC(c4ccc5c(c4)CN(N)C5=O)CC3)CC2)cc1. The molecule has 0 unspecified atom stereocenters. The highest BCUT2D eigenvalue weighted by atomic mass is 16.3. The van der Waals surface area contributed by atoms with E-state index in [-0.39, 0.29) is 23.2 Å². The van der Waals surface area contributed by atoms with E-state index in [0.717, 1.165) is 74.2 Å². The molecule has 0 aromatic heterocycles. The lowest BCUT2D eigenvalue weighted by Crippen LogP contribution is -2.47. The zero-order valence-electron chi connectivity index (χ0n) is 24.3. The number of rotatable bonds is 7. The van der Waals surface area contributed by atoms with E-state index < -0.39 is 0 Å². The molecule has 3 aromatic carbocycles. The number of para-hydroxylation sites is 1. The topological polar surface area (TPSA) is 147 Å². The normalized spacial score (nSPS) is 18.6. The first-order chi connectivity index (χ1) is 20.8. The highest BCUT2D eigenvalue weighted by Crippen LogP contribution is 2.34. The van der Waals surface area contributed by atoms with E-state index in [1.807, 2.05) is 18.2 Å². The number of amides is 1. The van der Waals surface area contributed by atoms with Gasteiger partial charge in [0.15, 0.2) is 0 Å². The van der Waals surface area contributed by atoms with Gasteiger partial charge in [-0.05, 0) is 97.8 Å². The number of hydrazine groups is 1. The van der Waals surface area contributed by atoms with Crippen LogP contribution in [0, 0.1) is 10.8 Å². The Morgan fingerprint density at radius 2 is 1.60 bits per heavy atom. The Morgan fingerprint density at radius 1 is 0.907 bits per heavy atom. The fourth-order valence-corrected chi connectivity index (χ4v) is 6.80. The average molecular weight is 578 g/mol. The Hall–Kier alpha value is -4.47. The number of hydrogen-bond donors (Lipinski definition) is 5. The number of hydrogen-bond acceptors (Lipinski definition) is 7. The van der Waals surface area contributed by atoms with Crippen LogP contribution < -0.4 is 16.5 Å². The highest BCUT2D eigenvalue weighted by Gasteiger charge is 2.30. The van der Waals surface area contributed by atoms with Gasteiger partial charge in [0.1, 0.15) is 11.6 Å². The third kappa shape index (κ3) is 5.91. The van der Waals surface area contributed by atoms with Crippen LogP contribution >= 0.6 is 0 Å². The van der Waals surface area contributed by atoms with Crippen molar-refractivity contribution in [3.8, 4) is 5.75 Å². The number of carbonyl (C=O) groups excluding carboxylic acids is 1. The number of carbonyl (C=O) groups is 1. The summed E-state index contributed by atoms with van der Waals surface area (Å²) in [6.07, 6.45) is 6.05. The predicted molar refractivity (Wildman–Crippen MR) is 171 cm³/mol. The van der Waals surface area contributed by atoms with Gasteiger partial charge in [0, 0.05) is 41.5 Å². The number of nitrogens with one attached hydrogen (secondary N) is 2. The molecule has 3 heterocycles. The zero-order valence-corrected chi connectivity index (χ0v) is 24.3. The second-order valence-electron chi connectivity index (χ2n) is 11.8. The van der Waals surface area contributed by atoms with Crippen molar-refractivity contribution in [2.24, 2.45) is 11.6 Å². The van der Waals surface area contributed by atoms with Gasteiger partial charge in [-0.1, -0.05) is 36.4 Å². The van der Waals surface area contributed by atoms with Crippen LogP contribution in [0.3, 0.4) is 0 Å². The minimum absolute atomic E-state index is 0.0247. The van der Waals surface area contributed by atoms with Crippen molar-refractivity contribution in [2.75, 3.05) is 31.1 Å². The number of likely N-dealkylation sites (tertiary alicyclic amines) is 1. The second kappa shape index (κ2) is 12.0. The van der Waals surface area contributed by atoms with Gasteiger partial charge in [-0.25, -0.2) is 5.84 Å². The molecule has 2 saturated heterocycles. The fraction of sp³-hybridized carbons (Fsp3) is 0.324. The first-order valence-corrected chi connectivity index (χ1v) is 15.0. The molecule has 3 aliphatic heterocycles. The number of amidine groups is 1. The summed E-state index contributed by atoms with van der Waals surface area (Å²) in [6, 6.07) is 21.6. The van der Waals surface area contributed by atoms with Gasteiger partial charge in [0.05, 0.1) is 12.3 Å². The van der Waals surface area contributed by atoms with Crippen molar-refractivity contribution in [3.05, 3.63) is 101 Å². The molecule has 0 bridgehead atoms. The Labute approximate surface area is 252 Å². The molecule has 0 atom stereocenters. The summed E-state index contributed by atoms with van der Waals surface area (Å²) in [4.78, 5) is 17.2. The van der Waals surface area contributed by atoms with Crippen molar-refractivity contribution in [1.29, 1.82) is 10.8 Å². The van der Waals surface area contributed by atoms with Crippen LogP contribution in [0.25, 0.3) is 5.57 Å². The lowest BCUT2D eigenvalue weighted by molar-refractivity contribution is 0.0778. The van der Waals surface area contributed by atoms with E-state index in [1.165, 1.54) is 10.6 Å². The predicted octanol–water partition coefficient (Wildman–Crippen LogP) is 4.46. The highest BCUT2D eigenvalue weighted by molar-refractivity contribution is 6.27. The van der Waals surface area contributed by atoms with Crippen LogP contribution in [0.1, 0.15) is 64.2 Å². The van der Waals surface area contributed by atoms with Gasteiger partial charge >= 0.3 is 0 Å². The number of nitrogens with zero attached hydrogens (tertiary/aromatic N) is 3. The Balaban J connectivity index is 1.03. The molecule has 6 rings (SSSR count). The minimum atomic E-state index is -0.119. The summed E-state index contributed by atoms with van der Waals surface area (Å²) in [7, 11) is 0. The monoisotopic (exact) mass is 577 g/mol. The molecule has 0 spiro atoms. The van der Waals surface area contributed by atoms with E-state index >= 15 is 0 Å². The van der Waals surface area contributed by atoms with E-state index in [4.69, 9.17) is 22.4 Å². The minimum Gasteiger partial charge on any atom is -0.507 e. The first kappa shape index (κ1) is 28.6. The number of phenols is 1. The van der Waals surface area contributed by atoms with Crippen LogP contribution in [0.4, 0.5) is 5.69 Å². The summed E-state index contributed by atoms with van der Waals surface area (Å²) in [6.45, 7) is 4.68. The third-order valence-corrected chi connectivity index (χ3v) is 9.26. The number of benzene rings is 3. The molecule has 0 aliphatic carbocycles. The van der Waals surface area contributed by atoms with Crippen LogP contribution in [-0.2, 0) is 6.54 Å². The summed E-state index contributed by atoms with van der Waals surface area (Å²) in [5, 5.41) is 27.9. The van der Waals surface area contributed by atoms with E-state index in [9.17, 15) is 9.90 Å². The molecule has 2 fully saturated rings. The fourth-order valence-electron chi connectivity index (χ4n) is 6.80. The van der Waals surface area contributed by atoms with Gasteiger partial charge in [-0.2, -0.15) is 0 Å². The molecular weight excluding hydrogens is 538 g/mol. The van der Waals surface area contributed by atoms with Gasteiger partial charge in [0.25, 0.3) is 5.91 Å². The molecule has 222 valence electrons. The molecule has 0 radical (unpaired) electrons. The van der Waals surface area contributed by atoms with Crippen LogP contribution in [-0.4, -0.2) is 64.7 Å². The molecular formula is C34H39N7O2. The molecule has 9 nitrogen and oxygen atoms in total. The number of anilines is 1. The summed E-state index contributed by atoms with van der Waals surface area (Å²) >= 11 is 0. The molecule has 3 aliphatic rings. The van der Waals surface area contributed by atoms with Crippen molar-refractivity contribution >= 4 is 28.7 Å². The number of phenolic OH excluding ortho intramolecular Hbond substituents is 1. The van der Waals surface area contributed by atoms with Gasteiger partial charge < -0.3 is 26.0 Å². The average Bonchev–Trinajstić information content (AvgIpc) is 3.32. The van der Waals surface area contributed by atoms with Gasteiger partial charge in [-0.3, -0.25) is 15.2 Å². The maximum absolute atomic E-state index is 12.1. The molecule has 1 amide bonds. The first-order valence-electron chi connectivity index (χ1n) is 15.0. The molecule has 9 heteroatoms. The Morgan fingerprint density at radius 3 is 2.28 bits per heavy atom. The standard InChI is InChI=1S/C34H39N7O2/c35-31(29-3-1-2-4-32(29)42)20-30(33(36)37)23-5-8-26(9-6-23)40-17-13-27(14-18-40)39-15-11-22(12-16-39)24-7-10-28-25(19-24)21-41(38)34(28)43/h1-10,19-20,22,27,35,42H,11-18,21,38H2,(H3,36,37)/b30-20-,35-31?. The number of fused-ring (bicyclic) bond motifs is 1. The lowest BCUT2D eigenvalue weighted by Gasteiger charge is -2.42. The van der Waals surface area contributed by atoms with E-state index in [0.29, 0.717) is 29.6 Å². The molecule has 7 N–H and O–H groups in total. The number of nitrogens with two attached hydrogens (primary N) is 2. The molecule has 3 aromatic rings. The molecule has 0 saturated carbocycles. The van der Waals surface area contributed by atoms with Crippen molar-refractivity contribution in [3.63, 3.8) is 0 Å². The van der Waals surface area contributed by atoms with E-state index in [1.54, 1.807) is 30.3 Å². The van der Waals surface area contributed by atoms with Gasteiger partial charge in [-0.15, -0.1) is 0 Å². The summed E-state index contributed by atoms with van der Waals surface area (Å²) < 4.78 is 0. The maximum Gasteiger partial charge on any atom is 0.268 e. The molecule has 43 heavy (non-hydrogen) atoms. The van der Waals surface area contributed by atoms with Crippen molar-refractivity contribution in [1.82, 2.24) is 9.91 Å². The number of piperidine rings is 2. The summed E-state index contributed by atoms with van der Waals surface area (Å²) in [5.74, 6) is 6.16. The van der Waals surface area contributed by atoms with Crippen LogP contribution in [0.15, 0.2) is 72.8 Å². The van der Waals surface area contributed by atoms with E-state index in [2.05, 4.69) is 34.1 Å². The third-order valence-electron chi connectivity index (χ3n) is 9.26. The summed E-state index contributed by atoms with van der Waals surface area (Å²) in [5.41, 5.74) is 11.9. The Bertz CT molecular complexity index is 1570. The quantitative estimate of drug-likeness (QED) is 0.121. The largest absolute Gasteiger partial charge is 0.507 e. The van der Waals surface area contributed by atoms with Crippen molar-refractivity contribution < 1.29 is 9.90 Å². The number of aromatic hydroxyl groups is 1. The lowest BCUT2D eigenvalue weighted by atomic mass is 9.86. The maximum atomic E-state index is 12.1. The van der Waals surface area contributed by atoms with Crippen LogP contribution in [0.2, 0.25) is 0 Å². The van der Waals surface area contributed by atoms with Gasteiger partial charge in [0.2, 0.25) is 0 Å². The number of allylic oxidation sites excluding steroid dienone is 1. The van der Waals surface area contributed by atoms with Crippen LogP contribution in [0.5, 0.6) is 5.75 Å².